The Labute approximate surface area is 240 Å². The number of nitrogens with zero attached hydrogens (tertiary/aromatic N) is 4. The molecule has 2 aromatic heterocycles. The van der Waals surface area contributed by atoms with Crippen LogP contribution in [0.4, 0.5) is 35.2 Å². The molecule has 4 N–H and O–H groups in total. The molecule has 0 atom stereocenters. The molecule has 1 aliphatic carbocycles. The van der Waals surface area contributed by atoms with Gasteiger partial charge in [-0.05, 0) is 59.9 Å². The summed E-state index contributed by atoms with van der Waals surface area (Å²) < 4.78 is 48.6. The minimum Gasteiger partial charge on any atom is -0.382 e. The third-order valence-corrected chi connectivity index (χ3v) is 7.99. The van der Waals surface area contributed by atoms with Crippen LogP contribution in [0.3, 0.4) is 0 Å². The van der Waals surface area contributed by atoms with Crippen molar-refractivity contribution in [1.82, 2.24) is 19.7 Å². The van der Waals surface area contributed by atoms with E-state index < -0.39 is 17.8 Å². The van der Waals surface area contributed by atoms with Gasteiger partial charge in [0.1, 0.15) is 0 Å². The summed E-state index contributed by atoms with van der Waals surface area (Å²) in [5.74, 6) is 0.811. The fourth-order valence-electron chi connectivity index (χ4n) is 5.52. The van der Waals surface area contributed by atoms with Gasteiger partial charge in [0.15, 0.2) is 11.5 Å². The fraction of sp³-hybridized carbons (Fsp3) is 0.367. The zero-order chi connectivity index (χ0) is 29.4. The van der Waals surface area contributed by atoms with Gasteiger partial charge in [-0.2, -0.15) is 18.3 Å². The number of morpholine rings is 1. The van der Waals surface area contributed by atoms with E-state index in [0.29, 0.717) is 43.7 Å². The monoisotopic (exact) mass is 579 g/mol. The highest BCUT2D eigenvalue weighted by Gasteiger charge is 2.34. The summed E-state index contributed by atoms with van der Waals surface area (Å²) in [5, 5.41) is 10.4. The summed E-state index contributed by atoms with van der Waals surface area (Å²) in [6.45, 7) is 2.29. The Balaban J connectivity index is 1.18. The quantitative estimate of drug-likeness (QED) is 0.259. The Morgan fingerprint density at radius 2 is 1.74 bits per heavy atom. The predicted molar refractivity (Wildman–Crippen MR) is 155 cm³/mol. The highest BCUT2D eigenvalue weighted by molar-refractivity contribution is 6.02. The van der Waals surface area contributed by atoms with E-state index in [4.69, 9.17) is 15.5 Å². The number of hydrogen-bond donors (Lipinski definition) is 3. The molecule has 0 unspecified atom stereocenters. The lowest BCUT2D eigenvalue weighted by Crippen LogP contribution is -2.36. The first-order valence-corrected chi connectivity index (χ1v) is 14.0. The number of amides is 2. The van der Waals surface area contributed by atoms with Gasteiger partial charge in [0.2, 0.25) is 0 Å². The second kappa shape index (κ2) is 11.3. The van der Waals surface area contributed by atoms with Crippen LogP contribution in [0.2, 0.25) is 0 Å². The summed E-state index contributed by atoms with van der Waals surface area (Å²) in [6, 6.07) is 12.5. The van der Waals surface area contributed by atoms with Gasteiger partial charge in [0, 0.05) is 49.7 Å². The van der Waals surface area contributed by atoms with Gasteiger partial charge in [0.05, 0.1) is 24.2 Å². The molecule has 1 aliphatic heterocycles. The molecule has 42 heavy (non-hydrogen) atoms. The highest BCUT2D eigenvalue weighted by Crippen LogP contribution is 2.40. The Kier molecular flexibility index (Phi) is 7.50. The Bertz CT molecular complexity index is 1610. The molecular weight excluding hydrogens is 547 g/mol. The normalized spacial score (nSPS) is 16.4. The number of anilines is 3. The number of rotatable bonds is 6. The first kappa shape index (κ1) is 28.0. The maximum Gasteiger partial charge on any atom is 0.416 e. The van der Waals surface area contributed by atoms with Crippen LogP contribution in [0.15, 0.2) is 48.5 Å². The molecule has 2 aliphatic rings. The maximum absolute atomic E-state index is 13.9. The SMILES string of the molecule is Cn1nc(N)c2c(-c3ccc(NC(=O)Nc4ccc(CN5CCOCC5)c(C(F)(F)F)c4)cc3)cc(C3CCC3)nc21. The molecule has 2 aromatic carbocycles. The lowest BCUT2D eigenvalue weighted by Gasteiger charge is -2.27. The van der Waals surface area contributed by atoms with Crippen molar-refractivity contribution in [1.29, 1.82) is 0 Å². The lowest BCUT2D eigenvalue weighted by atomic mass is 9.82. The van der Waals surface area contributed by atoms with Gasteiger partial charge in [-0.1, -0.05) is 24.6 Å². The van der Waals surface area contributed by atoms with Crippen LogP contribution in [0.1, 0.15) is 42.0 Å². The van der Waals surface area contributed by atoms with Crippen molar-refractivity contribution in [3.8, 4) is 11.1 Å². The van der Waals surface area contributed by atoms with E-state index in [1.54, 1.807) is 16.8 Å². The number of pyridine rings is 1. The molecule has 1 saturated carbocycles. The molecule has 4 aromatic rings. The summed E-state index contributed by atoms with van der Waals surface area (Å²) in [5.41, 5.74) is 9.71. The van der Waals surface area contributed by atoms with Crippen LogP contribution >= 0.6 is 0 Å². The number of carbonyl (C=O) groups excluding carboxylic acids is 1. The molecule has 3 heterocycles. The number of ether oxygens (including phenoxy) is 1. The minimum absolute atomic E-state index is 0.0527. The first-order valence-electron chi connectivity index (χ1n) is 14.0. The lowest BCUT2D eigenvalue weighted by molar-refractivity contribution is -0.138. The van der Waals surface area contributed by atoms with Gasteiger partial charge in [-0.15, -0.1) is 0 Å². The number of nitrogens with one attached hydrogen (secondary N) is 2. The number of halogens is 3. The third-order valence-electron chi connectivity index (χ3n) is 7.99. The second-order valence-corrected chi connectivity index (χ2v) is 10.8. The number of fused-ring (bicyclic) bond motifs is 1. The summed E-state index contributed by atoms with van der Waals surface area (Å²) in [6.07, 6.45) is -1.17. The molecule has 6 rings (SSSR count). The van der Waals surface area contributed by atoms with Crippen molar-refractivity contribution < 1.29 is 22.7 Å². The average molecular weight is 580 g/mol. The minimum atomic E-state index is -4.56. The largest absolute Gasteiger partial charge is 0.416 e. The van der Waals surface area contributed by atoms with Crippen molar-refractivity contribution in [3.05, 3.63) is 65.4 Å². The molecule has 0 radical (unpaired) electrons. The van der Waals surface area contributed by atoms with E-state index in [-0.39, 0.29) is 17.8 Å². The number of aromatic nitrogens is 3. The number of urea groups is 1. The van der Waals surface area contributed by atoms with Crippen LogP contribution in [0, 0.1) is 0 Å². The van der Waals surface area contributed by atoms with Gasteiger partial charge in [0.25, 0.3) is 0 Å². The number of nitrogen functional groups attached to an aromatic ring is 1. The predicted octanol–water partition coefficient (Wildman–Crippen LogP) is 5.98. The van der Waals surface area contributed by atoms with Gasteiger partial charge >= 0.3 is 12.2 Å². The molecule has 2 fully saturated rings. The number of nitrogens with two attached hydrogens (primary N) is 1. The number of aryl methyl sites for hydroxylation is 1. The van der Waals surface area contributed by atoms with E-state index in [1.807, 2.05) is 24.1 Å². The topological polar surface area (TPSA) is 110 Å². The Morgan fingerprint density at radius 1 is 1.05 bits per heavy atom. The average Bonchev–Trinajstić information content (AvgIpc) is 3.21. The van der Waals surface area contributed by atoms with Gasteiger partial charge < -0.3 is 21.1 Å². The molecule has 220 valence electrons. The van der Waals surface area contributed by atoms with Gasteiger partial charge in [-0.25, -0.2) is 14.5 Å². The number of carbonyl (C=O) groups is 1. The number of benzene rings is 2. The standard InChI is InChI=1S/C30H32F3N7O2/c1-39-28-26(27(34)38-39)23(16-25(37-28)19-3-2-4-19)18-5-8-21(9-6-18)35-29(41)36-22-10-7-20(24(15-22)30(31,32)33)17-40-11-13-42-14-12-40/h5-10,15-16,19H,2-4,11-14,17H2,1H3,(H2,34,38)(H2,35,36,41). The summed E-state index contributed by atoms with van der Waals surface area (Å²) >= 11 is 0. The van der Waals surface area contributed by atoms with Crippen molar-refractivity contribution in [3.63, 3.8) is 0 Å². The first-order chi connectivity index (χ1) is 20.2. The van der Waals surface area contributed by atoms with Crippen molar-refractivity contribution in [2.45, 2.75) is 37.9 Å². The van der Waals surface area contributed by atoms with Crippen LogP contribution in [-0.2, 0) is 24.5 Å². The zero-order valence-electron chi connectivity index (χ0n) is 23.2. The molecule has 2 amide bonds. The Hall–Kier alpha value is -4.16. The maximum atomic E-state index is 13.9. The van der Waals surface area contributed by atoms with Crippen molar-refractivity contribution in [2.24, 2.45) is 7.05 Å². The number of alkyl halides is 3. The fourth-order valence-corrected chi connectivity index (χ4v) is 5.52. The van der Waals surface area contributed by atoms with E-state index in [1.165, 1.54) is 18.6 Å². The summed E-state index contributed by atoms with van der Waals surface area (Å²) in [7, 11) is 1.82. The molecule has 12 heteroatoms. The van der Waals surface area contributed by atoms with Crippen LogP contribution in [-0.4, -0.2) is 52.0 Å². The Morgan fingerprint density at radius 3 is 2.40 bits per heavy atom. The highest BCUT2D eigenvalue weighted by atomic mass is 19.4. The molecule has 9 nitrogen and oxygen atoms in total. The molecule has 1 saturated heterocycles. The molecule has 0 spiro atoms. The summed E-state index contributed by atoms with van der Waals surface area (Å²) in [4.78, 5) is 19.5. The van der Waals surface area contributed by atoms with Crippen LogP contribution in [0.25, 0.3) is 22.2 Å². The smallest absolute Gasteiger partial charge is 0.382 e. The van der Waals surface area contributed by atoms with Crippen LogP contribution in [0.5, 0.6) is 0 Å². The zero-order valence-corrected chi connectivity index (χ0v) is 23.2. The van der Waals surface area contributed by atoms with Crippen molar-refractivity contribution in [2.75, 3.05) is 42.7 Å². The van der Waals surface area contributed by atoms with Crippen LogP contribution < -0.4 is 16.4 Å². The van der Waals surface area contributed by atoms with E-state index in [9.17, 15) is 18.0 Å². The van der Waals surface area contributed by atoms with Gasteiger partial charge in [-0.3, -0.25) is 4.90 Å². The molecule has 0 bridgehead atoms. The van der Waals surface area contributed by atoms with E-state index in [0.717, 1.165) is 46.8 Å². The van der Waals surface area contributed by atoms with E-state index >= 15 is 0 Å². The van der Waals surface area contributed by atoms with Crippen molar-refractivity contribution >= 4 is 34.3 Å². The second-order valence-electron chi connectivity index (χ2n) is 10.8. The molecular formula is C30H32F3N7O2. The van der Waals surface area contributed by atoms with E-state index in [2.05, 4.69) is 21.8 Å². The number of hydrogen-bond acceptors (Lipinski definition) is 6. The third kappa shape index (κ3) is 5.77.